The molecule has 1 aliphatic rings. The summed E-state index contributed by atoms with van der Waals surface area (Å²) in [5.74, 6) is 0.0487. The molecule has 3 rings (SSSR count). The minimum absolute atomic E-state index is 0.0325. The highest BCUT2D eigenvalue weighted by Gasteiger charge is 2.30. The Morgan fingerprint density at radius 3 is 2.67 bits per heavy atom. The van der Waals surface area contributed by atoms with Crippen LogP contribution in [0.25, 0.3) is 0 Å². The van der Waals surface area contributed by atoms with Gasteiger partial charge < -0.3 is 14.8 Å². The number of hydrogen-bond acceptors (Lipinski definition) is 6. The zero-order valence-electron chi connectivity index (χ0n) is 17.5. The molecule has 1 fully saturated rings. The van der Waals surface area contributed by atoms with Crippen molar-refractivity contribution in [1.82, 2.24) is 10.2 Å². The first-order valence-electron chi connectivity index (χ1n) is 10.0. The Balaban J connectivity index is 1.74. The summed E-state index contributed by atoms with van der Waals surface area (Å²) >= 11 is 0. The standard InChI is InChI=1S/C22H27N3O5/c1-4-30-21-13-19(25(27)28)18(12-20(21)29-3)22(26)23-17-10-11-24(14-17)15(2)16-8-6-5-7-9-16/h5-9,12-13,15,17H,4,10-11,14H2,1-3H3,(H,23,26). The molecular formula is C22H27N3O5. The molecule has 2 atom stereocenters. The van der Waals surface area contributed by atoms with Gasteiger partial charge in [0.2, 0.25) is 0 Å². The Bertz CT molecular complexity index is 903. The van der Waals surface area contributed by atoms with Gasteiger partial charge >= 0.3 is 0 Å². The van der Waals surface area contributed by atoms with E-state index in [4.69, 9.17) is 9.47 Å². The summed E-state index contributed by atoms with van der Waals surface area (Å²) < 4.78 is 10.7. The van der Waals surface area contributed by atoms with Gasteiger partial charge in [0.05, 0.1) is 24.7 Å². The van der Waals surface area contributed by atoms with Crippen molar-refractivity contribution in [3.05, 3.63) is 63.7 Å². The molecule has 1 N–H and O–H groups in total. The summed E-state index contributed by atoms with van der Waals surface area (Å²) in [5, 5.41) is 14.5. The van der Waals surface area contributed by atoms with Crippen LogP contribution >= 0.6 is 0 Å². The summed E-state index contributed by atoms with van der Waals surface area (Å²) in [6, 6.07) is 13.0. The second-order valence-corrected chi connectivity index (χ2v) is 7.25. The Labute approximate surface area is 175 Å². The summed E-state index contributed by atoms with van der Waals surface area (Å²) in [5.41, 5.74) is 0.885. The number of ether oxygens (including phenoxy) is 2. The number of nitrogens with one attached hydrogen (secondary N) is 1. The van der Waals surface area contributed by atoms with Gasteiger partial charge in [0.25, 0.3) is 11.6 Å². The van der Waals surface area contributed by atoms with Crippen LogP contribution in [0.2, 0.25) is 0 Å². The Morgan fingerprint density at radius 2 is 2.03 bits per heavy atom. The third kappa shape index (κ3) is 4.71. The molecule has 2 unspecified atom stereocenters. The second-order valence-electron chi connectivity index (χ2n) is 7.25. The lowest BCUT2D eigenvalue weighted by atomic mass is 10.1. The zero-order valence-corrected chi connectivity index (χ0v) is 17.5. The quantitative estimate of drug-likeness (QED) is 0.525. The number of nitro groups is 1. The number of benzene rings is 2. The van der Waals surface area contributed by atoms with Crippen LogP contribution in [0.15, 0.2) is 42.5 Å². The molecule has 2 aromatic rings. The summed E-state index contributed by atoms with van der Waals surface area (Å²) in [6.07, 6.45) is 0.783. The van der Waals surface area contributed by atoms with Crippen molar-refractivity contribution in [2.45, 2.75) is 32.4 Å². The van der Waals surface area contributed by atoms with Crippen LogP contribution in [0.1, 0.15) is 42.2 Å². The summed E-state index contributed by atoms with van der Waals surface area (Å²) in [7, 11) is 1.44. The molecular weight excluding hydrogens is 386 g/mol. The molecule has 160 valence electrons. The molecule has 0 aromatic heterocycles. The SMILES string of the molecule is CCOc1cc([N+](=O)[O-])c(C(=O)NC2CCN(C(C)c3ccccc3)C2)cc1OC. The van der Waals surface area contributed by atoms with Gasteiger partial charge in [-0.25, -0.2) is 0 Å². The van der Waals surface area contributed by atoms with E-state index in [2.05, 4.69) is 29.3 Å². The fraction of sp³-hybridized carbons (Fsp3) is 0.409. The van der Waals surface area contributed by atoms with Gasteiger partial charge in [-0.05, 0) is 25.8 Å². The molecule has 1 aliphatic heterocycles. The molecule has 0 bridgehead atoms. The van der Waals surface area contributed by atoms with Gasteiger partial charge in [-0.1, -0.05) is 30.3 Å². The molecule has 8 heteroatoms. The molecule has 1 amide bonds. The Kier molecular flexibility index (Phi) is 6.89. The maximum absolute atomic E-state index is 12.9. The van der Waals surface area contributed by atoms with Crippen LogP contribution in [0.4, 0.5) is 5.69 Å². The lowest BCUT2D eigenvalue weighted by Gasteiger charge is -2.24. The van der Waals surface area contributed by atoms with E-state index in [1.54, 1.807) is 6.92 Å². The topological polar surface area (TPSA) is 93.9 Å². The maximum atomic E-state index is 12.9. The number of carbonyl (C=O) groups excluding carboxylic acids is 1. The first kappa shape index (κ1) is 21.6. The largest absolute Gasteiger partial charge is 0.493 e. The summed E-state index contributed by atoms with van der Waals surface area (Å²) in [6.45, 7) is 5.77. The van der Waals surface area contributed by atoms with E-state index >= 15 is 0 Å². The lowest BCUT2D eigenvalue weighted by Crippen LogP contribution is -2.37. The van der Waals surface area contributed by atoms with Crippen molar-refractivity contribution in [1.29, 1.82) is 0 Å². The van der Waals surface area contributed by atoms with Gasteiger partial charge in [-0.2, -0.15) is 0 Å². The number of hydrogen-bond donors (Lipinski definition) is 1. The van der Waals surface area contributed by atoms with Crippen LogP contribution < -0.4 is 14.8 Å². The molecule has 1 saturated heterocycles. The zero-order chi connectivity index (χ0) is 21.7. The Hall–Kier alpha value is -3.13. The molecule has 0 aliphatic carbocycles. The molecule has 1 heterocycles. The predicted molar refractivity (Wildman–Crippen MR) is 113 cm³/mol. The highest BCUT2D eigenvalue weighted by atomic mass is 16.6. The minimum atomic E-state index is -0.574. The van der Waals surface area contributed by atoms with Crippen LogP contribution in [0, 0.1) is 10.1 Å². The lowest BCUT2D eigenvalue weighted by molar-refractivity contribution is -0.385. The van der Waals surface area contributed by atoms with Crippen molar-refractivity contribution >= 4 is 11.6 Å². The molecule has 0 spiro atoms. The van der Waals surface area contributed by atoms with Gasteiger partial charge in [0, 0.05) is 31.2 Å². The fourth-order valence-corrected chi connectivity index (χ4v) is 3.77. The Morgan fingerprint density at radius 1 is 1.30 bits per heavy atom. The van der Waals surface area contributed by atoms with Crippen LogP contribution in [0.5, 0.6) is 11.5 Å². The second kappa shape index (κ2) is 9.58. The number of amides is 1. The van der Waals surface area contributed by atoms with E-state index in [1.807, 2.05) is 18.2 Å². The first-order valence-corrected chi connectivity index (χ1v) is 10.0. The highest BCUT2D eigenvalue weighted by molar-refractivity contribution is 5.99. The predicted octanol–water partition coefficient (Wildman–Crippen LogP) is 3.57. The van der Waals surface area contributed by atoms with E-state index in [0.717, 1.165) is 13.0 Å². The minimum Gasteiger partial charge on any atom is -0.493 e. The van der Waals surface area contributed by atoms with E-state index in [9.17, 15) is 14.9 Å². The van der Waals surface area contributed by atoms with Gasteiger partial charge in [-0.15, -0.1) is 0 Å². The van der Waals surface area contributed by atoms with Gasteiger partial charge in [-0.3, -0.25) is 19.8 Å². The van der Waals surface area contributed by atoms with E-state index in [0.29, 0.717) is 18.9 Å². The summed E-state index contributed by atoms with van der Waals surface area (Å²) in [4.78, 5) is 26.1. The molecule has 8 nitrogen and oxygen atoms in total. The fourth-order valence-electron chi connectivity index (χ4n) is 3.77. The van der Waals surface area contributed by atoms with Crippen molar-refractivity contribution in [3.8, 4) is 11.5 Å². The normalized spacial score (nSPS) is 17.4. The van der Waals surface area contributed by atoms with E-state index in [-0.39, 0.29) is 29.1 Å². The third-order valence-electron chi connectivity index (χ3n) is 5.41. The number of methoxy groups -OCH3 is 1. The van der Waals surface area contributed by atoms with Crippen LogP contribution in [-0.2, 0) is 0 Å². The molecule has 30 heavy (non-hydrogen) atoms. The van der Waals surface area contributed by atoms with Crippen molar-refractivity contribution < 1.29 is 19.2 Å². The number of nitrogens with zero attached hydrogens (tertiary/aromatic N) is 2. The maximum Gasteiger partial charge on any atom is 0.286 e. The monoisotopic (exact) mass is 413 g/mol. The third-order valence-corrected chi connectivity index (χ3v) is 5.41. The van der Waals surface area contributed by atoms with Crippen LogP contribution in [0.3, 0.4) is 0 Å². The van der Waals surface area contributed by atoms with Crippen molar-refractivity contribution in [2.24, 2.45) is 0 Å². The average molecular weight is 413 g/mol. The molecule has 0 radical (unpaired) electrons. The number of rotatable bonds is 8. The average Bonchev–Trinajstić information content (AvgIpc) is 3.22. The highest BCUT2D eigenvalue weighted by Crippen LogP contribution is 2.35. The van der Waals surface area contributed by atoms with Crippen molar-refractivity contribution in [3.63, 3.8) is 0 Å². The molecule has 2 aromatic carbocycles. The van der Waals surface area contributed by atoms with E-state index < -0.39 is 10.8 Å². The van der Waals surface area contributed by atoms with Gasteiger partial charge in [0.1, 0.15) is 5.56 Å². The number of nitro benzene ring substituents is 1. The van der Waals surface area contributed by atoms with E-state index in [1.165, 1.54) is 24.8 Å². The van der Waals surface area contributed by atoms with Crippen molar-refractivity contribution in [2.75, 3.05) is 26.8 Å². The van der Waals surface area contributed by atoms with Gasteiger partial charge in [0.15, 0.2) is 11.5 Å². The van der Waals surface area contributed by atoms with Crippen LogP contribution in [-0.4, -0.2) is 48.6 Å². The number of likely N-dealkylation sites (tertiary alicyclic amines) is 1. The number of carbonyl (C=O) groups is 1. The first-order chi connectivity index (χ1) is 14.4. The molecule has 0 saturated carbocycles. The smallest absolute Gasteiger partial charge is 0.286 e.